The highest BCUT2D eigenvalue weighted by Gasteiger charge is 2.09. The van der Waals surface area contributed by atoms with Crippen LogP contribution in [0.1, 0.15) is 30.5 Å². The molecule has 17 heavy (non-hydrogen) atoms. The van der Waals surface area contributed by atoms with Crippen molar-refractivity contribution >= 4 is 11.3 Å². The fourth-order valence-electron chi connectivity index (χ4n) is 1.86. The second-order valence-electron chi connectivity index (χ2n) is 4.03. The van der Waals surface area contributed by atoms with Gasteiger partial charge in [-0.3, -0.25) is 0 Å². The molecule has 1 nitrogen and oxygen atoms in total. The Hall–Kier alpha value is -1.19. The van der Waals surface area contributed by atoms with Crippen LogP contribution in [-0.4, -0.2) is 0 Å². The van der Waals surface area contributed by atoms with E-state index in [9.17, 15) is 4.39 Å². The summed E-state index contributed by atoms with van der Waals surface area (Å²) in [5.41, 5.74) is 2.30. The minimum Gasteiger partial charge on any atom is -0.306 e. The van der Waals surface area contributed by atoms with Crippen molar-refractivity contribution in [3.8, 4) is 0 Å². The molecule has 0 fully saturated rings. The summed E-state index contributed by atoms with van der Waals surface area (Å²) in [6.07, 6.45) is 0.952. The van der Waals surface area contributed by atoms with Crippen molar-refractivity contribution in [2.75, 3.05) is 0 Å². The van der Waals surface area contributed by atoms with Gasteiger partial charge in [-0.05, 0) is 46.5 Å². The summed E-state index contributed by atoms with van der Waals surface area (Å²) in [5, 5.41) is 7.66. The molecular formula is C14H16FNS. The van der Waals surface area contributed by atoms with Gasteiger partial charge in [0.15, 0.2) is 0 Å². The van der Waals surface area contributed by atoms with Crippen molar-refractivity contribution < 1.29 is 4.39 Å². The van der Waals surface area contributed by atoms with Gasteiger partial charge in [0.2, 0.25) is 0 Å². The van der Waals surface area contributed by atoms with Crippen molar-refractivity contribution in [1.82, 2.24) is 5.32 Å². The van der Waals surface area contributed by atoms with E-state index in [4.69, 9.17) is 0 Å². The van der Waals surface area contributed by atoms with Crippen molar-refractivity contribution in [3.05, 3.63) is 58.0 Å². The lowest BCUT2D eigenvalue weighted by molar-refractivity contribution is 0.515. The van der Waals surface area contributed by atoms with E-state index in [-0.39, 0.29) is 11.9 Å². The summed E-state index contributed by atoms with van der Waals surface area (Å²) in [4.78, 5) is 0. The molecule has 0 spiro atoms. The second kappa shape index (κ2) is 5.94. The summed E-state index contributed by atoms with van der Waals surface area (Å²) in [6.45, 7) is 2.94. The van der Waals surface area contributed by atoms with Gasteiger partial charge in [0.1, 0.15) is 5.82 Å². The number of benzene rings is 1. The van der Waals surface area contributed by atoms with Gasteiger partial charge in [-0.1, -0.05) is 19.1 Å². The SMILES string of the molecule is CCC(NCc1ccsc1)c1cccc(F)c1. The first-order valence-corrected chi connectivity index (χ1v) is 6.74. The number of rotatable bonds is 5. The van der Waals surface area contributed by atoms with Crippen LogP contribution >= 0.6 is 11.3 Å². The molecule has 3 heteroatoms. The van der Waals surface area contributed by atoms with E-state index >= 15 is 0 Å². The molecule has 0 aliphatic rings. The molecule has 1 heterocycles. The molecule has 2 rings (SSSR count). The largest absolute Gasteiger partial charge is 0.306 e. The van der Waals surface area contributed by atoms with Gasteiger partial charge in [-0.2, -0.15) is 11.3 Å². The predicted molar refractivity (Wildman–Crippen MR) is 70.6 cm³/mol. The Kier molecular flexibility index (Phi) is 4.29. The lowest BCUT2D eigenvalue weighted by Crippen LogP contribution is -2.20. The molecular weight excluding hydrogens is 233 g/mol. The maximum absolute atomic E-state index is 13.2. The number of hydrogen-bond acceptors (Lipinski definition) is 2. The summed E-state index contributed by atoms with van der Waals surface area (Å²) in [6, 6.07) is 9.14. The third-order valence-corrected chi connectivity index (χ3v) is 3.52. The number of hydrogen-bond donors (Lipinski definition) is 1. The van der Waals surface area contributed by atoms with E-state index < -0.39 is 0 Å². The van der Waals surface area contributed by atoms with Crippen molar-refractivity contribution in [1.29, 1.82) is 0 Å². The molecule has 1 N–H and O–H groups in total. The summed E-state index contributed by atoms with van der Waals surface area (Å²) in [7, 11) is 0. The lowest BCUT2D eigenvalue weighted by Gasteiger charge is -2.17. The first-order valence-electron chi connectivity index (χ1n) is 5.79. The molecule has 90 valence electrons. The molecule has 0 radical (unpaired) electrons. The quantitative estimate of drug-likeness (QED) is 0.840. The molecule has 0 aliphatic heterocycles. The van der Waals surface area contributed by atoms with Crippen LogP contribution in [0.25, 0.3) is 0 Å². The molecule has 1 atom stereocenters. The number of nitrogens with one attached hydrogen (secondary N) is 1. The molecule has 1 aromatic heterocycles. The molecule has 0 bridgehead atoms. The van der Waals surface area contributed by atoms with Crippen LogP contribution in [0.2, 0.25) is 0 Å². The van der Waals surface area contributed by atoms with E-state index in [2.05, 4.69) is 29.1 Å². The van der Waals surface area contributed by atoms with Crippen LogP contribution in [0.3, 0.4) is 0 Å². The predicted octanol–water partition coefficient (Wildman–Crippen LogP) is 4.13. The normalized spacial score (nSPS) is 12.6. The van der Waals surface area contributed by atoms with E-state index in [0.29, 0.717) is 0 Å². The zero-order valence-electron chi connectivity index (χ0n) is 9.82. The molecule has 0 saturated carbocycles. The Labute approximate surface area is 105 Å². The van der Waals surface area contributed by atoms with Crippen LogP contribution < -0.4 is 5.32 Å². The highest BCUT2D eigenvalue weighted by Crippen LogP contribution is 2.18. The molecule has 0 aliphatic carbocycles. The first kappa shape index (κ1) is 12.3. The van der Waals surface area contributed by atoms with E-state index in [1.54, 1.807) is 23.5 Å². The minimum atomic E-state index is -0.168. The van der Waals surface area contributed by atoms with Crippen molar-refractivity contribution in [2.24, 2.45) is 0 Å². The van der Waals surface area contributed by atoms with Gasteiger partial charge < -0.3 is 5.32 Å². The van der Waals surface area contributed by atoms with Gasteiger partial charge in [0.25, 0.3) is 0 Å². The van der Waals surface area contributed by atoms with Gasteiger partial charge in [0, 0.05) is 12.6 Å². The molecule has 2 aromatic rings. The third-order valence-electron chi connectivity index (χ3n) is 2.79. The molecule has 1 unspecified atom stereocenters. The summed E-state index contributed by atoms with van der Waals surface area (Å²) >= 11 is 1.70. The molecule has 0 saturated heterocycles. The van der Waals surface area contributed by atoms with E-state index in [1.165, 1.54) is 11.6 Å². The monoisotopic (exact) mass is 249 g/mol. The lowest BCUT2D eigenvalue weighted by atomic mass is 10.0. The maximum atomic E-state index is 13.2. The van der Waals surface area contributed by atoms with E-state index in [1.807, 2.05) is 6.07 Å². The fourth-order valence-corrected chi connectivity index (χ4v) is 2.52. The standard InChI is InChI=1S/C14H16FNS/c1-2-14(12-4-3-5-13(15)8-12)16-9-11-6-7-17-10-11/h3-8,10,14,16H,2,9H2,1H3. The smallest absolute Gasteiger partial charge is 0.123 e. The Morgan fingerprint density at radius 2 is 2.24 bits per heavy atom. The van der Waals surface area contributed by atoms with Crippen LogP contribution in [0.5, 0.6) is 0 Å². The Balaban J connectivity index is 2.01. The number of halogens is 1. The first-order chi connectivity index (χ1) is 8.29. The van der Waals surface area contributed by atoms with Gasteiger partial charge in [-0.25, -0.2) is 4.39 Å². The van der Waals surface area contributed by atoms with Crippen LogP contribution in [0, 0.1) is 5.82 Å². The number of thiophene rings is 1. The topological polar surface area (TPSA) is 12.0 Å². The Bertz CT molecular complexity index is 453. The zero-order chi connectivity index (χ0) is 12.1. The molecule has 1 aromatic carbocycles. The zero-order valence-corrected chi connectivity index (χ0v) is 10.6. The van der Waals surface area contributed by atoms with Crippen LogP contribution in [0.4, 0.5) is 4.39 Å². The van der Waals surface area contributed by atoms with Crippen molar-refractivity contribution in [2.45, 2.75) is 25.9 Å². The second-order valence-corrected chi connectivity index (χ2v) is 4.81. The summed E-state index contributed by atoms with van der Waals surface area (Å²) < 4.78 is 13.2. The van der Waals surface area contributed by atoms with Crippen LogP contribution in [-0.2, 0) is 6.54 Å². The van der Waals surface area contributed by atoms with E-state index in [0.717, 1.165) is 18.5 Å². The Morgan fingerprint density at radius 3 is 2.88 bits per heavy atom. The highest BCUT2D eigenvalue weighted by molar-refractivity contribution is 7.07. The highest BCUT2D eigenvalue weighted by atomic mass is 32.1. The van der Waals surface area contributed by atoms with Gasteiger partial charge in [-0.15, -0.1) is 0 Å². The average Bonchev–Trinajstić information content (AvgIpc) is 2.83. The fraction of sp³-hybridized carbons (Fsp3) is 0.286. The Morgan fingerprint density at radius 1 is 1.35 bits per heavy atom. The molecule has 0 amide bonds. The van der Waals surface area contributed by atoms with Crippen molar-refractivity contribution in [3.63, 3.8) is 0 Å². The van der Waals surface area contributed by atoms with Gasteiger partial charge in [0.05, 0.1) is 0 Å². The average molecular weight is 249 g/mol. The summed E-state index contributed by atoms with van der Waals surface area (Å²) in [5.74, 6) is -0.168. The van der Waals surface area contributed by atoms with Gasteiger partial charge >= 0.3 is 0 Å². The maximum Gasteiger partial charge on any atom is 0.123 e. The third kappa shape index (κ3) is 3.38. The minimum absolute atomic E-state index is 0.168. The van der Waals surface area contributed by atoms with Crippen LogP contribution in [0.15, 0.2) is 41.1 Å².